The number of hydrogen-bond donors (Lipinski definition) is 0. The lowest BCUT2D eigenvalue weighted by Crippen LogP contribution is -2.23. The lowest BCUT2D eigenvalue weighted by Gasteiger charge is -2.10. The second-order valence-corrected chi connectivity index (χ2v) is 9.38. The molecule has 0 saturated carbocycles. The molecule has 0 aliphatic heterocycles. The van der Waals surface area contributed by atoms with Crippen LogP contribution in [-0.2, 0) is 19.4 Å². The fourth-order valence-electron chi connectivity index (χ4n) is 3.94. The number of Topliss-reactive ketones (excluding diaryl/α,β-unsaturated/α-hetero) is 1. The second-order valence-electron chi connectivity index (χ2n) is 7.35. The molecule has 0 amide bonds. The molecule has 0 spiro atoms. The van der Waals surface area contributed by atoms with E-state index >= 15 is 0 Å². The zero-order valence-electron chi connectivity index (χ0n) is 16.3. The third kappa shape index (κ3) is 3.32. The highest BCUT2D eigenvalue weighted by atomic mass is 32.2. The molecule has 5 rings (SSSR count). The molecule has 3 aromatic heterocycles. The van der Waals surface area contributed by atoms with Crippen molar-refractivity contribution in [2.45, 2.75) is 37.4 Å². The molecule has 0 radical (unpaired) electrons. The lowest BCUT2D eigenvalue weighted by molar-refractivity contribution is 0.102. The first kappa shape index (κ1) is 19.3. The van der Waals surface area contributed by atoms with Crippen LogP contribution in [0.3, 0.4) is 0 Å². The van der Waals surface area contributed by atoms with E-state index in [0.717, 1.165) is 52.0 Å². The smallest absolute Gasteiger partial charge is 0.266 e. The van der Waals surface area contributed by atoms with Crippen molar-refractivity contribution in [2.75, 3.05) is 5.75 Å². The fraction of sp³-hybridized carbons (Fsp3) is 0.261. The summed E-state index contributed by atoms with van der Waals surface area (Å²) in [5, 5.41) is 2.15. The third-order valence-electron chi connectivity index (χ3n) is 5.38. The minimum atomic E-state index is -0.108. The minimum absolute atomic E-state index is 0.0273. The first-order valence-corrected chi connectivity index (χ1v) is 11.8. The SMILES string of the molecule is C=CCn1c(SCC(=O)c2cc3ccccc3s2)nc2oc3c(c2c1=O)CCCC3. The number of nitrogens with zero attached hydrogens (tertiary/aromatic N) is 2. The summed E-state index contributed by atoms with van der Waals surface area (Å²) in [4.78, 5) is 31.4. The summed E-state index contributed by atoms with van der Waals surface area (Å²) in [6.07, 6.45) is 5.50. The van der Waals surface area contributed by atoms with Crippen LogP contribution in [0.2, 0.25) is 0 Å². The van der Waals surface area contributed by atoms with E-state index in [2.05, 4.69) is 11.6 Å². The third-order valence-corrected chi connectivity index (χ3v) is 7.52. The molecule has 1 aromatic carbocycles. The van der Waals surface area contributed by atoms with Crippen molar-refractivity contribution in [3.63, 3.8) is 0 Å². The number of benzene rings is 1. The molecule has 0 unspecified atom stereocenters. The summed E-state index contributed by atoms with van der Waals surface area (Å²) in [7, 11) is 0. The number of hydrogen-bond acceptors (Lipinski definition) is 6. The number of rotatable bonds is 6. The van der Waals surface area contributed by atoms with Crippen LogP contribution < -0.4 is 5.56 Å². The largest absolute Gasteiger partial charge is 0.442 e. The summed E-state index contributed by atoms with van der Waals surface area (Å²) in [6.45, 7) is 4.12. The summed E-state index contributed by atoms with van der Waals surface area (Å²) in [5.74, 6) is 1.12. The maximum absolute atomic E-state index is 13.2. The zero-order chi connectivity index (χ0) is 20.7. The van der Waals surface area contributed by atoms with Gasteiger partial charge in [0.05, 0.1) is 10.6 Å². The van der Waals surface area contributed by atoms with Crippen LogP contribution in [-0.4, -0.2) is 21.1 Å². The molecule has 0 saturated heterocycles. The number of ketones is 1. The Morgan fingerprint density at radius 1 is 1.30 bits per heavy atom. The Morgan fingerprint density at radius 2 is 2.13 bits per heavy atom. The van der Waals surface area contributed by atoms with E-state index in [1.54, 1.807) is 10.6 Å². The average molecular weight is 437 g/mol. The van der Waals surface area contributed by atoms with Gasteiger partial charge in [0, 0.05) is 23.2 Å². The van der Waals surface area contributed by atoms with Crippen molar-refractivity contribution in [1.29, 1.82) is 0 Å². The standard InChI is InChI=1S/C23H20N2O3S2/c1-2-11-25-22(27)20-15-8-4-5-9-17(15)28-21(20)24-23(25)29-13-16(26)19-12-14-7-3-6-10-18(14)30-19/h2-3,6-7,10,12H,1,4-5,8-9,11,13H2. The first-order valence-electron chi connectivity index (χ1n) is 9.96. The quantitative estimate of drug-likeness (QED) is 0.179. The summed E-state index contributed by atoms with van der Waals surface area (Å²) < 4.78 is 8.62. The van der Waals surface area contributed by atoms with Crippen molar-refractivity contribution < 1.29 is 9.21 Å². The molecule has 152 valence electrons. The number of allylic oxidation sites excluding steroid dienone is 1. The van der Waals surface area contributed by atoms with Crippen LogP contribution in [0, 0.1) is 0 Å². The number of furan rings is 1. The molecule has 30 heavy (non-hydrogen) atoms. The number of thioether (sulfide) groups is 1. The molecule has 7 heteroatoms. The first-order chi connectivity index (χ1) is 14.7. The van der Waals surface area contributed by atoms with Gasteiger partial charge in [-0.25, -0.2) is 0 Å². The molecule has 4 aromatic rings. The van der Waals surface area contributed by atoms with Crippen molar-refractivity contribution in [3.05, 3.63) is 69.5 Å². The molecule has 0 atom stereocenters. The number of thiophene rings is 1. The van der Waals surface area contributed by atoms with E-state index in [0.29, 0.717) is 22.8 Å². The van der Waals surface area contributed by atoms with Crippen LogP contribution >= 0.6 is 23.1 Å². The number of carbonyl (C=O) groups is 1. The van der Waals surface area contributed by atoms with E-state index in [4.69, 9.17) is 4.42 Å². The van der Waals surface area contributed by atoms with Gasteiger partial charge in [-0.15, -0.1) is 17.9 Å². The molecule has 5 nitrogen and oxygen atoms in total. The molecular formula is C23H20N2O3S2. The summed E-state index contributed by atoms with van der Waals surface area (Å²) in [5.41, 5.74) is 1.29. The Kier molecular flexibility index (Phi) is 5.08. The van der Waals surface area contributed by atoms with Gasteiger partial charge >= 0.3 is 0 Å². The minimum Gasteiger partial charge on any atom is -0.442 e. The van der Waals surface area contributed by atoms with Crippen LogP contribution in [0.15, 0.2) is 57.4 Å². The predicted molar refractivity (Wildman–Crippen MR) is 122 cm³/mol. The van der Waals surface area contributed by atoms with Gasteiger partial charge in [-0.2, -0.15) is 4.98 Å². The van der Waals surface area contributed by atoms with E-state index < -0.39 is 0 Å². The Bertz CT molecular complexity index is 1310. The van der Waals surface area contributed by atoms with Gasteiger partial charge in [-0.1, -0.05) is 36.0 Å². The van der Waals surface area contributed by atoms with Crippen LogP contribution in [0.1, 0.15) is 33.8 Å². The van der Waals surface area contributed by atoms with Crippen LogP contribution in [0.4, 0.5) is 0 Å². The van der Waals surface area contributed by atoms with Crippen molar-refractivity contribution >= 4 is 50.1 Å². The Hall–Kier alpha value is -2.64. The number of aryl methyl sites for hydroxylation is 2. The van der Waals surface area contributed by atoms with Crippen molar-refractivity contribution in [3.8, 4) is 0 Å². The summed E-state index contributed by atoms with van der Waals surface area (Å²) in [6, 6.07) is 9.88. The number of fused-ring (bicyclic) bond motifs is 4. The zero-order valence-corrected chi connectivity index (χ0v) is 18.0. The predicted octanol–water partition coefficient (Wildman–Crippen LogP) is 5.24. The van der Waals surface area contributed by atoms with E-state index in [9.17, 15) is 9.59 Å². The van der Waals surface area contributed by atoms with E-state index in [1.165, 1.54) is 23.1 Å². The van der Waals surface area contributed by atoms with Gasteiger partial charge in [0.15, 0.2) is 10.9 Å². The molecule has 1 aliphatic carbocycles. The Morgan fingerprint density at radius 3 is 2.97 bits per heavy atom. The van der Waals surface area contributed by atoms with Gasteiger partial charge in [0.1, 0.15) is 11.1 Å². The van der Waals surface area contributed by atoms with Crippen LogP contribution in [0.5, 0.6) is 0 Å². The Labute approximate surface area is 181 Å². The molecule has 3 heterocycles. The van der Waals surface area contributed by atoms with E-state index in [1.807, 2.05) is 30.3 Å². The monoisotopic (exact) mass is 436 g/mol. The van der Waals surface area contributed by atoms with E-state index in [-0.39, 0.29) is 17.1 Å². The topological polar surface area (TPSA) is 65.1 Å². The highest BCUT2D eigenvalue weighted by Crippen LogP contribution is 2.31. The van der Waals surface area contributed by atoms with Gasteiger partial charge < -0.3 is 4.42 Å². The number of carbonyl (C=O) groups excluding carboxylic acids is 1. The van der Waals surface area contributed by atoms with Crippen molar-refractivity contribution in [2.24, 2.45) is 0 Å². The van der Waals surface area contributed by atoms with Gasteiger partial charge in [0.25, 0.3) is 5.56 Å². The lowest BCUT2D eigenvalue weighted by atomic mass is 9.97. The molecule has 0 N–H and O–H groups in total. The van der Waals surface area contributed by atoms with Gasteiger partial charge in [-0.3, -0.25) is 14.2 Å². The second kappa shape index (κ2) is 7.89. The fourth-order valence-corrected chi connectivity index (χ4v) is 5.91. The van der Waals surface area contributed by atoms with Crippen LogP contribution in [0.25, 0.3) is 21.2 Å². The highest BCUT2D eigenvalue weighted by molar-refractivity contribution is 7.99. The molecule has 0 bridgehead atoms. The normalized spacial score (nSPS) is 13.6. The average Bonchev–Trinajstić information content (AvgIpc) is 3.35. The Balaban J connectivity index is 1.48. The highest BCUT2D eigenvalue weighted by Gasteiger charge is 2.24. The maximum atomic E-state index is 13.2. The maximum Gasteiger partial charge on any atom is 0.266 e. The molecule has 0 fully saturated rings. The van der Waals surface area contributed by atoms with Gasteiger partial charge in [0.2, 0.25) is 5.71 Å². The molecular weight excluding hydrogens is 416 g/mol. The molecule has 1 aliphatic rings. The summed E-state index contributed by atoms with van der Waals surface area (Å²) >= 11 is 2.77. The van der Waals surface area contributed by atoms with Gasteiger partial charge in [-0.05, 0) is 36.8 Å². The number of aromatic nitrogens is 2. The van der Waals surface area contributed by atoms with Crippen molar-refractivity contribution in [1.82, 2.24) is 9.55 Å².